The highest BCUT2D eigenvalue weighted by Gasteiger charge is 2.15. The maximum absolute atomic E-state index is 12.6. The molecule has 0 unspecified atom stereocenters. The van der Waals surface area contributed by atoms with Crippen LogP contribution in [0.25, 0.3) is 0 Å². The molecule has 0 saturated carbocycles. The fourth-order valence-corrected chi connectivity index (χ4v) is 7.78. The molecule has 0 fully saturated rings. The summed E-state index contributed by atoms with van der Waals surface area (Å²) in [7, 11) is 3.99. The van der Waals surface area contributed by atoms with Crippen molar-refractivity contribution in [1.82, 2.24) is 10.2 Å². The average Bonchev–Trinajstić information content (AvgIpc) is 3.24. The third-order valence-corrected chi connectivity index (χ3v) is 11.8. The molecule has 0 aromatic rings. The number of hydrogen-bond donors (Lipinski definition) is 1. The Labute approximate surface area is 378 Å². The fraction of sp³-hybridized carbons (Fsp3) is 0.942. The maximum atomic E-state index is 12.6. The molecule has 61 heavy (non-hydrogen) atoms. The van der Waals surface area contributed by atoms with Crippen molar-refractivity contribution >= 4 is 18.0 Å². The van der Waals surface area contributed by atoms with Gasteiger partial charge in [-0.05, 0) is 65.5 Å². The monoisotopic (exact) mass is 867 g/mol. The number of nitrogens with zero attached hydrogens (tertiary/aromatic N) is 1. The Balaban J connectivity index is 4.09. The third-order valence-electron chi connectivity index (χ3n) is 11.8. The highest BCUT2D eigenvalue weighted by molar-refractivity contribution is 5.69. The molecule has 0 aromatic carbocycles. The second-order valence-electron chi connectivity index (χ2n) is 18.2. The molecule has 0 atom stereocenters. The zero-order valence-electron chi connectivity index (χ0n) is 41.0. The van der Waals surface area contributed by atoms with Crippen LogP contribution in [0, 0.1) is 0 Å². The van der Waals surface area contributed by atoms with Gasteiger partial charge in [0.1, 0.15) is 6.10 Å². The Bertz CT molecular complexity index is 877. The molecule has 0 aliphatic heterocycles. The van der Waals surface area contributed by atoms with Gasteiger partial charge in [0.05, 0.1) is 26.4 Å². The fourth-order valence-electron chi connectivity index (χ4n) is 7.78. The number of rotatable bonds is 49. The smallest absolute Gasteiger partial charge is 0.407 e. The first kappa shape index (κ1) is 59.1. The van der Waals surface area contributed by atoms with Gasteiger partial charge in [0.15, 0.2) is 0 Å². The summed E-state index contributed by atoms with van der Waals surface area (Å²) in [6.07, 6.45) is 44.0. The van der Waals surface area contributed by atoms with Gasteiger partial charge in [0, 0.05) is 25.9 Å². The zero-order chi connectivity index (χ0) is 44.5. The maximum Gasteiger partial charge on any atom is 0.407 e. The normalized spacial score (nSPS) is 11.4. The lowest BCUT2D eigenvalue weighted by molar-refractivity contribution is -0.144. The molecular weight excluding hydrogens is 765 g/mol. The molecule has 0 rings (SSSR count). The van der Waals surface area contributed by atoms with Crippen molar-refractivity contribution < 1.29 is 33.3 Å². The van der Waals surface area contributed by atoms with Gasteiger partial charge in [-0.1, -0.05) is 194 Å². The number of esters is 2. The van der Waals surface area contributed by atoms with Crippen LogP contribution in [0.3, 0.4) is 0 Å². The van der Waals surface area contributed by atoms with E-state index in [0.29, 0.717) is 58.7 Å². The minimum absolute atomic E-state index is 0.108. The van der Waals surface area contributed by atoms with Crippen molar-refractivity contribution in [3.05, 3.63) is 0 Å². The van der Waals surface area contributed by atoms with Crippen molar-refractivity contribution in [3.8, 4) is 0 Å². The van der Waals surface area contributed by atoms with Crippen LogP contribution in [0.15, 0.2) is 0 Å². The van der Waals surface area contributed by atoms with Crippen molar-refractivity contribution in [1.29, 1.82) is 0 Å². The topological polar surface area (TPSA) is 103 Å². The van der Waals surface area contributed by atoms with Crippen LogP contribution in [0.1, 0.15) is 258 Å². The van der Waals surface area contributed by atoms with E-state index in [-0.39, 0.29) is 18.0 Å². The molecule has 0 spiro atoms. The lowest BCUT2D eigenvalue weighted by Gasteiger charge is -2.18. The van der Waals surface area contributed by atoms with Crippen LogP contribution in [0.4, 0.5) is 4.79 Å². The lowest BCUT2D eigenvalue weighted by Crippen LogP contribution is -2.32. The molecule has 0 aliphatic rings. The van der Waals surface area contributed by atoms with Crippen LogP contribution in [0.2, 0.25) is 0 Å². The van der Waals surface area contributed by atoms with Gasteiger partial charge in [-0.2, -0.15) is 0 Å². The number of amides is 1. The Kier molecular flexibility index (Phi) is 47.6. The zero-order valence-corrected chi connectivity index (χ0v) is 41.0. The van der Waals surface area contributed by atoms with Crippen LogP contribution >= 0.6 is 0 Å². The molecule has 9 heteroatoms. The average molecular weight is 867 g/mol. The summed E-state index contributed by atoms with van der Waals surface area (Å²) in [6, 6.07) is 0. The lowest BCUT2D eigenvalue weighted by atomic mass is 10.0. The van der Waals surface area contributed by atoms with E-state index in [1.807, 2.05) is 14.1 Å². The molecule has 1 N–H and O–H groups in total. The van der Waals surface area contributed by atoms with E-state index in [2.05, 4.69) is 24.1 Å². The molecular formula is C52H102N2O7. The summed E-state index contributed by atoms with van der Waals surface area (Å²) in [5.74, 6) is -0.215. The number of ether oxygens (including phenoxy) is 4. The highest BCUT2D eigenvalue weighted by atomic mass is 16.6. The predicted molar refractivity (Wildman–Crippen MR) is 256 cm³/mol. The molecule has 0 bridgehead atoms. The molecule has 362 valence electrons. The van der Waals surface area contributed by atoms with Crippen LogP contribution in [0.5, 0.6) is 0 Å². The largest absolute Gasteiger partial charge is 0.466 e. The van der Waals surface area contributed by atoms with E-state index in [1.54, 1.807) is 0 Å². The minimum atomic E-state index is -0.439. The first-order chi connectivity index (χ1) is 29.9. The van der Waals surface area contributed by atoms with Crippen molar-refractivity contribution in [2.45, 2.75) is 264 Å². The van der Waals surface area contributed by atoms with Crippen LogP contribution < -0.4 is 5.32 Å². The molecule has 0 radical (unpaired) electrons. The molecule has 0 aromatic heterocycles. The molecule has 0 aliphatic carbocycles. The number of hydrogen-bond acceptors (Lipinski definition) is 8. The quantitative estimate of drug-likeness (QED) is 0.0366. The number of alkyl carbamates (subject to hydrolysis) is 1. The van der Waals surface area contributed by atoms with Gasteiger partial charge >= 0.3 is 18.0 Å². The SMILES string of the molecule is CCCCCCCCCCCCCCCCCC(=O)OCCCCC(CCCCOC(=O)CCCCCCCCCCCCCCCCC)OC(=O)NCCOCCN(C)C. The molecule has 1 amide bonds. The van der Waals surface area contributed by atoms with E-state index in [0.717, 1.165) is 57.9 Å². The summed E-state index contributed by atoms with van der Waals surface area (Å²) in [5, 5.41) is 2.80. The van der Waals surface area contributed by atoms with Gasteiger partial charge < -0.3 is 29.2 Å². The highest BCUT2D eigenvalue weighted by Crippen LogP contribution is 2.17. The summed E-state index contributed by atoms with van der Waals surface area (Å²) >= 11 is 0. The van der Waals surface area contributed by atoms with E-state index in [9.17, 15) is 14.4 Å². The Morgan fingerprint density at radius 1 is 0.426 bits per heavy atom. The van der Waals surface area contributed by atoms with Crippen LogP contribution in [-0.2, 0) is 28.5 Å². The predicted octanol–water partition coefficient (Wildman–Crippen LogP) is 14.6. The second-order valence-corrected chi connectivity index (χ2v) is 18.2. The number of unbranched alkanes of at least 4 members (excludes halogenated alkanes) is 30. The summed E-state index contributed by atoms with van der Waals surface area (Å²) < 4.78 is 22.4. The summed E-state index contributed by atoms with van der Waals surface area (Å²) in [5.41, 5.74) is 0. The van der Waals surface area contributed by atoms with Crippen molar-refractivity contribution in [2.75, 3.05) is 53.6 Å². The van der Waals surface area contributed by atoms with E-state index in [1.165, 1.54) is 167 Å². The van der Waals surface area contributed by atoms with Gasteiger partial charge in [0.25, 0.3) is 0 Å². The molecule has 0 saturated heterocycles. The first-order valence-electron chi connectivity index (χ1n) is 26.4. The number of carbonyl (C=O) groups is 3. The van der Waals surface area contributed by atoms with Crippen molar-refractivity contribution in [2.24, 2.45) is 0 Å². The van der Waals surface area contributed by atoms with E-state index >= 15 is 0 Å². The van der Waals surface area contributed by atoms with Crippen molar-refractivity contribution in [3.63, 3.8) is 0 Å². The van der Waals surface area contributed by atoms with Gasteiger partial charge in [-0.25, -0.2) is 4.79 Å². The standard InChI is InChI=1S/C52H102N2O7/c1-5-7-9-11-13-15-17-19-21-23-25-27-29-31-33-41-50(55)59-45-37-35-39-49(61-52(57)53-43-47-58-48-44-54(3)4)40-36-38-46-60-51(56)42-34-32-30-28-26-24-22-20-18-16-14-12-10-8-6-2/h49H,5-48H2,1-4H3,(H,53,57). The number of nitrogens with one attached hydrogen (secondary N) is 1. The van der Waals surface area contributed by atoms with Gasteiger partial charge in [-0.15, -0.1) is 0 Å². The first-order valence-corrected chi connectivity index (χ1v) is 26.4. The Morgan fingerprint density at radius 3 is 1.11 bits per heavy atom. The number of carbonyl (C=O) groups excluding carboxylic acids is 3. The van der Waals surface area contributed by atoms with E-state index in [4.69, 9.17) is 18.9 Å². The summed E-state index contributed by atoms with van der Waals surface area (Å²) in [4.78, 5) is 39.2. The van der Waals surface area contributed by atoms with Gasteiger partial charge in [-0.3, -0.25) is 9.59 Å². The molecule has 0 heterocycles. The Hall–Kier alpha value is -1.87. The van der Waals surface area contributed by atoms with E-state index < -0.39 is 6.09 Å². The second kappa shape index (κ2) is 49.2. The Morgan fingerprint density at radius 2 is 0.770 bits per heavy atom. The van der Waals surface area contributed by atoms with Crippen LogP contribution in [-0.4, -0.2) is 82.6 Å². The molecule has 9 nitrogen and oxygen atoms in total. The van der Waals surface area contributed by atoms with Gasteiger partial charge in [0.2, 0.25) is 0 Å². The minimum Gasteiger partial charge on any atom is -0.466 e. The summed E-state index contributed by atoms with van der Waals surface area (Å²) in [6.45, 7) is 7.62. The number of likely N-dealkylation sites (N-methyl/N-ethyl adjacent to an activating group) is 1. The third kappa shape index (κ3) is 49.0.